The Kier molecular flexibility index (Phi) is 14.0. The van der Waals surface area contributed by atoms with Crippen molar-refractivity contribution in [3.8, 4) is 0 Å². The molecule has 4 heteroatoms. The van der Waals surface area contributed by atoms with Crippen LogP contribution in [0.15, 0.2) is 23.3 Å². The van der Waals surface area contributed by atoms with E-state index in [2.05, 4.69) is 46.8 Å². The van der Waals surface area contributed by atoms with Gasteiger partial charge < -0.3 is 21.1 Å². The maximum absolute atomic E-state index is 10.2. The second-order valence-electron chi connectivity index (χ2n) is 8.34. The number of aliphatic hydroxyl groups excluding tert-OH is 3. The van der Waals surface area contributed by atoms with Crippen LogP contribution in [0.1, 0.15) is 79.6 Å². The highest BCUT2D eigenvalue weighted by atomic mass is 16.3. The van der Waals surface area contributed by atoms with Crippen molar-refractivity contribution >= 4 is 0 Å². The van der Waals surface area contributed by atoms with Crippen LogP contribution in [0.25, 0.3) is 0 Å². The highest BCUT2D eigenvalue weighted by molar-refractivity contribution is 4.98. The van der Waals surface area contributed by atoms with Crippen molar-refractivity contribution in [2.45, 2.75) is 97.8 Å². The summed E-state index contributed by atoms with van der Waals surface area (Å²) < 4.78 is 0. The van der Waals surface area contributed by atoms with E-state index in [1.807, 2.05) is 0 Å². The number of allylic oxidation sites excluding steroid dienone is 3. The van der Waals surface area contributed by atoms with E-state index in [1.54, 1.807) is 0 Å². The largest absolute Gasteiger partial charge is 0.395 e. The molecule has 0 amide bonds. The van der Waals surface area contributed by atoms with Gasteiger partial charge in [0.2, 0.25) is 0 Å². The van der Waals surface area contributed by atoms with Crippen molar-refractivity contribution in [3.63, 3.8) is 0 Å². The first kappa shape index (κ1) is 25.3. The molecule has 154 valence electrons. The number of aliphatic hydroxyl groups is 3. The smallest absolute Gasteiger partial charge is 0.0716 e. The second kappa shape index (κ2) is 14.4. The summed E-state index contributed by atoms with van der Waals surface area (Å²) in [7, 11) is 0. The summed E-state index contributed by atoms with van der Waals surface area (Å²) in [6, 6.07) is -0.538. The summed E-state index contributed by atoms with van der Waals surface area (Å²) >= 11 is 0. The SMILES string of the molecule is CC(C)=CCC(O)C(C)CCC/C(C)=C/CCC(C)CC(O)C(N)CO. The van der Waals surface area contributed by atoms with E-state index >= 15 is 0 Å². The zero-order valence-electron chi connectivity index (χ0n) is 17.6. The molecule has 0 aliphatic rings. The topological polar surface area (TPSA) is 86.7 Å². The molecule has 26 heavy (non-hydrogen) atoms. The lowest BCUT2D eigenvalue weighted by Gasteiger charge is -2.20. The Bertz CT molecular complexity index is 416. The van der Waals surface area contributed by atoms with E-state index in [0.29, 0.717) is 18.3 Å². The normalized spacial score (nSPS) is 18.1. The molecule has 5 atom stereocenters. The van der Waals surface area contributed by atoms with Gasteiger partial charge >= 0.3 is 0 Å². The maximum atomic E-state index is 10.2. The Hall–Kier alpha value is -0.680. The fourth-order valence-electron chi connectivity index (χ4n) is 3.03. The minimum Gasteiger partial charge on any atom is -0.395 e. The lowest BCUT2D eigenvalue weighted by Crippen LogP contribution is -2.38. The van der Waals surface area contributed by atoms with Crippen molar-refractivity contribution < 1.29 is 15.3 Å². The zero-order chi connectivity index (χ0) is 20.1. The third-order valence-corrected chi connectivity index (χ3v) is 5.16. The molecule has 0 radical (unpaired) electrons. The molecular formula is C22H43NO3. The first-order valence-corrected chi connectivity index (χ1v) is 10.2. The monoisotopic (exact) mass is 369 g/mol. The number of hydrogen-bond acceptors (Lipinski definition) is 4. The molecule has 0 bridgehead atoms. The summed E-state index contributed by atoms with van der Waals surface area (Å²) in [4.78, 5) is 0. The molecule has 5 unspecified atom stereocenters. The first-order valence-electron chi connectivity index (χ1n) is 10.2. The van der Waals surface area contributed by atoms with Crippen molar-refractivity contribution in [2.75, 3.05) is 6.61 Å². The molecule has 0 aromatic rings. The Balaban J connectivity index is 3.99. The van der Waals surface area contributed by atoms with Gasteiger partial charge in [0.1, 0.15) is 0 Å². The number of hydrogen-bond donors (Lipinski definition) is 4. The average molecular weight is 370 g/mol. The molecule has 0 aliphatic carbocycles. The van der Waals surface area contributed by atoms with E-state index in [9.17, 15) is 10.2 Å². The van der Waals surface area contributed by atoms with Gasteiger partial charge in [-0.1, -0.05) is 37.1 Å². The van der Waals surface area contributed by atoms with Gasteiger partial charge in [0.25, 0.3) is 0 Å². The van der Waals surface area contributed by atoms with Crippen LogP contribution in [-0.4, -0.2) is 40.2 Å². The minimum atomic E-state index is -0.626. The van der Waals surface area contributed by atoms with Crippen LogP contribution in [0.3, 0.4) is 0 Å². The molecule has 0 saturated carbocycles. The van der Waals surface area contributed by atoms with E-state index < -0.39 is 12.1 Å². The highest BCUT2D eigenvalue weighted by Gasteiger charge is 2.16. The fourth-order valence-corrected chi connectivity index (χ4v) is 3.03. The van der Waals surface area contributed by atoms with E-state index in [4.69, 9.17) is 10.8 Å². The van der Waals surface area contributed by atoms with Gasteiger partial charge in [0.15, 0.2) is 0 Å². The van der Waals surface area contributed by atoms with Crippen molar-refractivity contribution in [1.29, 1.82) is 0 Å². The van der Waals surface area contributed by atoms with E-state index in [1.165, 1.54) is 11.1 Å². The van der Waals surface area contributed by atoms with E-state index in [0.717, 1.165) is 38.5 Å². The van der Waals surface area contributed by atoms with Gasteiger partial charge in [0.05, 0.1) is 24.9 Å². The molecule has 0 spiro atoms. The van der Waals surface area contributed by atoms with Crippen molar-refractivity contribution in [1.82, 2.24) is 0 Å². The molecule has 0 aromatic carbocycles. The van der Waals surface area contributed by atoms with Crippen LogP contribution >= 0.6 is 0 Å². The minimum absolute atomic E-state index is 0.172. The average Bonchev–Trinajstić information content (AvgIpc) is 2.58. The van der Waals surface area contributed by atoms with Crippen LogP contribution in [0.2, 0.25) is 0 Å². The summed E-state index contributed by atoms with van der Waals surface area (Å²) in [5.74, 6) is 0.715. The van der Waals surface area contributed by atoms with Crippen LogP contribution in [0, 0.1) is 11.8 Å². The van der Waals surface area contributed by atoms with Gasteiger partial charge in [-0.25, -0.2) is 0 Å². The second-order valence-corrected chi connectivity index (χ2v) is 8.34. The van der Waals surface area contributed by atoms with Gasteiger partial charge in [-0.2, -0.15) is 0 Å². The molecule has 0 aromatic heterocycles. The van der Waals surface area contributed by atoms with Gasteiger partial charge in [-0.3, -0.25) is 0 Å². The van der Waals surface area contributed by atoms with Crippen molar-refractivity contribution in [2.24, 2.45) is 17.6 Å². The summed E-state index contributed by atoms with van der Waals surface area (Å²) in [6.07, 6.45) is 10.2. The Labute approximate surface area is 161 Å². The summed E-state index contributed by atoms with van der Waals surface area (Å²) in [5.41, 5.74) is 8.30. The molecular weight excluding hydrogens is 326 g/mol. The Morgan fingerprint density at radius 3 is 2.23 bits per heavy atom. The molecule has 0 heterocycles. The maximum Gasteiger partial charge on any atom is 0.0716 e. The molecule has 4 nitrogen and oxygen atoms in total. The van der Waals surface area contributed by atoms with Crippen LogP contribution < -0.4 is 5.73 Å². The predicted molar refractivity (Wildman–Crippen MR) is 111 cm³/mol. The molecule has 5 N–H and O–H groups in total. The van der Waals surface area contributed by atoms with Gasteiger partial charge in [-0.15, -0.1) is 0 Å². The first-order chi connectivity index (χ1) is 12.2. The number of rotatable bonds is 14. The molecule has 0 saturated heterocycles. The predicted octanol–water partition coefficient (Wildman–Crippen LogP) is 3.94. The van der Waals surface area contributed by atoms with E-state index in [-0.39, 0.29) is 12.7 Å². The highest BCUT2D eigenvalue weighted by Crippen LogP contribution is 2.20. The third-order valence-electron chi connectivity index (χ3n) is 5.16. The van der Waals surface area contributed by atoms with Crippen LogP contribution in [0.5, 0.6) is 0 Å². The number of nitrogens with two attached hydrogens (primary N) is 1. The Morgan fingerprint density at radius 1 is 1.00 bits per heavy atom. The fraction of sp³-hybridized carbons (Fsp3) is 0.818. The van der Waals surface area contributed by atoms with Crippen LogP contribution in [0.4, 0.5) is 0 Å². The van der Waals surface area contributed by atoms with Crippen molar-refractivity contribution in [3.05, 3.63) is 23.3 Å². The Morgan fingerprint density at radius 2 is 1.65 bits per heavy atom. The third kappa shape index (κ3) is 12.6. The molecule has 0 aliphatic heterocycles. The standard InChI is InChI=1S/C22H43NO3/c1-16(2)12-13-21(25)19(5)11-7-9-17(3)8-6-10-18(4)14-22(26)20(23)15-24/h8,12,18-22,24-26H,6-7,9-11,13-15,23H2,1-5H3/b17-8+. The zero-order valence-corrected chi connectivity index (χ0v) is 17.6. The lowest BCUT2D eigenvalue weighted by atomic mass is 9.93. The quantitative estimate of drug-likeness (QED) is 0.349. The molecule has 0 fully saturated rings. The van der Waals surface area contributed by atoms with Gasteiger partial charge in [-0.05, 0) is 77.6 Å². The lowest BCUT2D eigenvalue weighted by molar-refractivity contribution is 0.0876. The summed E-state index contributed by atoms with van der Waals surface area (Å²) in [6.45, 7) is 10.4. The van der Waals surface area contributed by atoms with Gasteiger partial charge in [0, 0.05) is 0 Å². The summed E-state index contributed by atoms with van der Waals surface area (Å²) in [5, 5.41) is 29.0. The van der Waals surface area contributed by atoms with Crippen LogP contribution in [-0.2, 0) is 0 Å². The molecule has 0 rings (SSSR count).